The standard InChI is InChI=1S/C17H17BrFNO/c1-11-3-4-13(16(18)7-11)9-15(21)10-20-17-6-5-14(19)8-12(17)2/h3-8,20H,9-10H2,1-2H3. The van der Waals surface area contributed by atoms with Crippen LogP contribution in [0.2, 0.25) is 0 Å². The molecule has 0 aliphatic heterocycles. The molecule has 2 aromatic carbocycles. The van der Waals surface area contributed by atoms with E-state index in [4.69, 9.17) is 0 Å². The van der Waals surface area contributed by atoms with E-state index in [0.717, 1.165) is 26.9 Å². The lowest BCUT2D eigenvalue weighted by atomic mass is 10.1. The minimum atomic E-state index is -0.270. The molecule has 0 aromatic heterocycles. The minimum absolute atomic E-state index is 0.0864. The molecule has 0 spiro atoms. The fraction of sp³-hybridized carbons (Fsp3) is 0.235. The predicted octanol–water partition coefficient (Wildman–Crippen LogP) is 4.43. The predicted molar refractivity (Wildman–Crippen MR) is 87.2 cm³/mol. The molecule has 2 nitrogen and oxygen atoms in total. The van der Waals surface area contributed by atoms with Crippen LogP contribution in [0.5, 0.6) is 0 Å². The highest BCUT2D eigenvalue weighted by molar-refractivity contribution is 9.10. The van der Waals surface area contributed by atoms with Gasteiger partial charge in [-0.3, -0.25) is 4.79 Å². The molecule has 2 rings (SSSR count). The molecule has 0 fully saturated rings. The first-order valence-corrected chi connectivity index (χ1v) is 7.52. The van der Waals surface area contributed by atoms with Crippen molar-refractivity contribution < 1.29 is 9.18 Å². The van der Waals surface area contributed by atoms with Crippen LogP contribution in [0.3, 0.4) is 0 Å². The fourth-order valence-corrected chi connectivity index (χ4v) is 2.72. The van der Waals surface area contributed by atoms with Crippen LogP contribution >= 0.6 is 15.9 Å². The van der Waals surface area contributed by atoms with Gasteiger partial charge in [-0.15, -0.1) is 0 Å². The first kappa shape index (κ1) is 15.7. The second-order valence-electron chi connectivity index (χ2n) is 5.12. The van der Waals surface area contributed by atoms with Crippen LogP contribution in [0.4, 0.5) is 10.1 Å². The van der Waals surface area contributed by atoms with E-state index >= 15 is 0 Å². The summed E-state index contributed by atoms with van der Waals surface area (Å²) in [6.45, 7) is 4.05. The number of anilines is 1. The van der Waals surface area contributed by atoms with Crippen LogP contribution in [0.1, 0.15) is 16.7 Å². The summed E-state index contributed by atoms with van der Waals surface area (Å²) in [5.74, 6) is -0.184. The molecule has 0 bridgehead atoms. The lowest BCUT2D eigenvalue weighted by Gasteiger charge is -2.10. The van der Waals surface area contributed by atoms with Crippen LogP contribution in [0.25, 0.3) is 0 Å². The van der Waals surface area contributed by atoms with Crippen molar-refractivity contribution in [3.63, 3.8) is 0 Å². The van der Waals surface area contributed by atoms with Gasteiger partial charge in [-0.2, -0.15) is 0 Å². The Bertz CT molecular complexity index is 670. The number of rotatable bonds is 5. The largest absolute Gasteiger partial charge is 0.378 e. The number of hydrogen-bond acceptors (Lipinski definition) is 2. The number of carbonyl (C=O) groups excluding carboxylic acids is 1. The van der Waals surface area contributed by atoms with Crippen molar-refractivity contribution in [2.45, 2.75) is 20.3 Å². The highest BCUT2D eigenvalue weighted by Gasteiger charge is 2.08. The molecular formula is C17H17BrFNO. The average Bonchev–Trinajstić information content (AvgIpc) is 2.41. The topological polar surface area (TPSA) is 29.1 Å². The van der Waals surface area contributed by atoms with Crippen LogP contribution in [0.15, 0.2) is 40.9 Å². The lowest BCUT2D eigenvalue weighted by molar-refractivity contribution is -0.116. The Morgan fingerprint density at radius 3 is 2.62 bits per heavy atom. The monoisotopic (exact) mass is 349 g/mol. The number of nitrogens with one attached hydrogen (secondary N) is 1. The van der Waals surface area contributed by atoms with E-state index in [2.05, 4.69) is 21.2 Å². The summed E-state index contributed by atoms with van der Waals surface area (Å²) in [4.78, 5) is 12.0. The molecule has 0 radical (unpaired) electrons. The Kier molecular flexibility index (Phi) is 5.12. The number of halogens is 2. The number of carbonyl (C=O) groups is 1. The van der Waals surface area contributed by atoms with Crippen LogP contribution in [-0.4, -0.2) is 12.3 Å². The van der Waals surface area contributed by atoms with Crippen molar-refractivity contribution in [3.05, 3.63) is 63.4 Å². The minimum Gasteiger partial charge on any atom is -0.378 e. The van der Waals surface area contributed by atoms with Gasteiger partial charge >= 0.3 is 0 Å². The van der Waals surface area contributed by atoms with Crippen LogP contribution in [-0.2, 0) is 11.2 Å². The highest BCUT2D eigenvalue weighted by atomic mass is 79.9. The summed E-state index contributed by atoms with van der Waals surface area (Å²) in [5, 5.41) is 3.06. The second kappa shape index (κ2) is 6.85. The molecule has 2 aromatic rings. The zero-order valence-electron chi connectivity index (χ0n) is 12.0. The lowest BCUT2D eigenvalue weighted by Crippen LogP contribution is -2.16. The summed E-state index contributed by atoms with van der Waals surface area (Å²) < 4.78 is 14.0. The Hall–Kier alpha value is -1.68. The molecule has 0 saturated heterocycles. The van der Waals surface area contributed by atoms with Crippen molar-refractivity contribution in [3.8, 4) is 0 Å². The van der Waals surface area contributed by atoms with E-state index in [9.17, 15) is 9.18 Å². The molecule has 0 saturated carbocycles. The van der Waals surface area contributed by atoms with Crippen molar-refractivity contribution in [2.75, 3.05) is 11.9 Å². The third-order valence-corrected chi connectivity index (χ3v) is 4.00. The van der Waals surface area contributed by atoms with Gasteiger partial charge < -0.3 is 5.32 Å². The smallest absolute Gasteiger partial charge is 0.156 e. The molecule has 0 atom stereocenters. The van der Waals surface area contributed by atoms with Gasteiger partial charge in [-0.1, -0.05) is 28.1 Å². The van der Waals surface area contributed by atoms with E-state index in [-0.39, 0.29) is 18.1 Å². The van der Waals surface area contributed by atoms with E-state index in [1.54, 1.807) is 6.07 Å². The molecule has 1 N–H and O–H groups in total. The third-order valence-electron chi connectivity index (χ3n) is 3.26. The molecule has 0 aliphatic carbocycles. The Labute approximate surface area is 132 Å². The summed E-state index contributed by atoms with van der Waals surface area (Å²) in [6.07, 6.45) is 0.369. The molecule has 0 heterocycles. The number of aryl methyl sites for hydroxylation is 2. The van der Waals surface area contributed by atoms with Crippen LogP contribution in [0, 0.1) is 19.7 Å². The number of ketones is 1. The normalized spacial score (nSPS) is 10.5. The van der Waals surface area contributed by atoms with Gasteiger partial charge in [0.15, 0.2) is 5.78 Å². The van der Waals surface area contributed by atoms with E-state index in [1.807, 2.05) is 32.0 Å². The van der Waals surface area contributed by atoms with Crippen molar-refractivity contribution in [2.24, 2.45) is 0 Å². The average molecular weight is 350 g/mol. The maximum absolute atomic E-state index is 13.0. The van der Waals surface area contributed by atoms with Gasteiger partial charge in [-0.05, 0) is 54.8 Å². The van der Waals surface area contributed by atoms with Gasteiger partial charge in [0.2, 0.25) is 0 Å². The van der Waals surface area contributed by atoms with E-state index in [1.165, 1.54) is 12.1 Å². The third kappa shape index (κ3) is 4.39. The summed E-state index contributed by atoms with van der Waals surface area (Å²) in [7, 11) is 0. The van der Waals surface area contributed by atoms with Crippen molar-refractivity contribution in [1.82, 2.24) is 0 Å². The van der Waals surface area contributed by atoms with Gasteiger partial charge in [0, 0.05) is 16.6 Å². The summed E-state index contributed by atoms with van der Waals surface area (Å²) >= 11 is 3.48. The van der Waals surface area contributed by atoms with Crippen molar-refractivity contribution in [1.29, 1.82) is 0 Å². The Morgan fingerprint density at radius 2 is 1.95 bits per heavy atom. The molecule has 0 amide bonds. The van der Waals surface area contributed by atoms with Gasteiger partial charge in [0.05, 0.1) is 6.54 Å². The van der Waals surface area contributed by atoms with Gasteiger partial charge in [0.1, 0.15) is 5.82 Å². The van der Waals surface area contributed by atoms with E-state index < -0.39 is 0 Å². The van der Waals surface area contributed by atoms with Gasteiger partial charge in [-0.25, -0.2) is 4.39 Å². The fourth-order valence-electron chi connectivity index (χ4n) is 2.09. The van der Waals surface area contributed by atoms with Crippen molar-refractivity contribution >= 4 is 27.4 Å². The Morgan fingerprint density at radius 1 is 1.19 bits per heavy atom. The SMILES string of the molecule is Cc1ccc(CC(=O)CNc2ccc(F)cc2C)c(Br)c1. The molecule has 0 unspecified atom stereocenters. The zero-order chi connectivity index (χ0) is 15.4. The first-order chi connectivity index (χ1) is 9.95. The quantitative estimate of drug-likeness (QED) is 0.864. The maximum Gasteiger partial charge on any atom is 0.156 e. The number of benzene rings is 2. The molecular weight excluding hydrogens is 333 g/mol. The maximum atomic E-state index is 13.0. The van der Waals surface area contributed by atoms with E-state index in [0.29, 0.717) is 6.42 Å². The number of hydrogen-bond donors (Lipinski definition) is 1. The Balaban J connectivity index is 1.96. The summed E-state index contributed by atoms with van der Waals surface area (Å²) in [5.41, 5.74) is 3.70. The molecule has 21 heavy (non-hydrogen) atoms. The van der Waals surface area contributed by atoms with Crippen LogP contribution < -0.4 is 5.32 Å². The second-order valence-corrected chi connectivity index (χ2v) is 5.98. The zero-order valence-corrected chi connectivity index (χ0v) is 13.6. The number of Topliss-reactive ketones (excluding diaryl/α,β-unsaturated/α-hetero) is 1. The molecule has 4 heteroatoms. The summed E-state index contributed by atoms with van der Waals surface area (Å²) in [6, 6.07) is 10.4. The van der Waals surface area contributed by atoms with Gasteiger partial charge in [0.25, 0.3) is 0 Å². The molecule has 0 aliphatic rings. The molecule has 110 valence electrons. The highest BCUT2D eigenvalue weighted by Crippen LogP contribution is 2.19. The first-order valence-electron chi connectivity index (χ1n) is 6.72.